The van der Waals surface area contributed by atoms with E-state index >= 15 is 0 Å². The van der Waals surface area contributed by atoms with E-state index in [4.69, 9.17) is 4.74 Å². The van der Waals surface area contributed by atoms with Gasteiger partial charge in [-0.25, -0.2) is 9.18 Å². The second-order valence-corrected chi connectivity index (χ2v) is 6.25. The van der Waals surface area contributed by atoms with Crippen LogP contribution in [-0.4, -0.2) is 30.0 Å². The quantitative estimate of drug-likeness (QED) is 0.871. The van der Waals surface area contributed by atoms with Gasteiger partial charge in [-0.3, -0.25) is 9.69 Å². The van der Waals surface area contributed by atoms with Gasteiger partial charge in [-0.05, 0) is 48.2 Å². The Kier molecular flexibility index (Phi) is 3.67. The Hall–Kier alpha value is -2.89. The smallest absolute Gasteiger partial charge is 0.325 e. The summed E-state index contributed by atoms with van der Waals surface area (Å²) in [7, 11) is 0. The third kappa shape index (κ3) is 2.54. The number of carbonyl (C=O) groups is 2. The lowest BCUT2D eigenvalue weighted by atomic mass is 9.92. The van der Waals surface area contributed by atoms with Crippen molar-refractivity contribution in [1.29, 1.82) is 0 Å². The average molecular weight is 340 g/mol. The van der Waals surface area contributed by atoms with E-state index in [-0.39, 0.29) is 24.9 Å². The third-order valence-corrected chi connectivity index (χ3v) is 4.82. The number of halogens is 1. The highest BCUT2D eigenvalue weighted by atomic mass is 19.1. The fraction of sp³-hybridized carbons (Fsp3) is 0.263. The number of benzene rings is 2. The van der Waals surface area contributed by atoms with Gasteiger partial charge in [0.05, 0.1) is 6.54 Å². The van der Waals surface area contributed by atoms with Gasteiger partial charge in [0.15, 0.2) is 0 Å². The van der Waals surface area contributed by atoms with Crippen LogP contribution in [0.3, 0.4) is 0 Å². The molecule has 1 atom stereocenters. The molecule has 2 aromatic rings. The molecule has 0 unspecified atom stereocenters. The van der Waals surface area contributed by atoms with Crippen LogP contribution in [0.25, 0.3) is 0 Å². The van der Waals surface area contributed by atoms with Crippen LogP contribution < -0.4 is 10.1 Å². The molecule has 0 aromatic heterocycles. The van der Waals surface area contributed by atoms with Gasteiger partial charge in [0, 0.05) is 0 Å². The van der Waals surface area contributed by atoms with E-state index in [2.05, 4.69) is 5.32 Å². The van der Waals surface area contributed by atoms with Crippen LogP contribution >= 0.6 is 0 Å². The predicted molar refractivity (Wildman–Crippen MR) is 88.6 cm³/mol. The van der Waals surface area contributed by atoms with Gasteiger partial charge < -0.3 is 10.1 Å². The highest BCUT2D eigenvalue weighted by Crippen LogP contribution is 2.41. The largest absolute Gasteiger partial charge is 0.492 e. The van der Waals surface area contributed by atoms with E-state index in [1.54, 1.807) is 0 Å². The molecule has 1 fully saturated rings. The van der Waals surface area contributed by atoms with Crippen LogP contribution in [0.1, 0.15) is 17.5 Å². The first kappa shape index (κ1) is 15.6. The molecule has 3 amide bonds. The third-order valence-electron chi connectivity index (χ3n) is 4.82. The molecule has 128 valence electrons. The van der Waals surface area contributed by atoms with Gasteiger partial charge in [-0.15, -0.1) is 0 Å². The van der Waals surface area contributed by atoms with Crippen LogP contribution in [0.2, 0.25) is 0 Å². The molecule has 2 aliphatic rings. The number of imide groups is 1. The van der Waals surface area contributed by atoms with Crippen molar-refractivity contribution in [2.24, 2.45) is 0 Å². The number of amides is 3. The predicted octanol–water partition coefficient (Wildman–Crippen LogP) is 2.60. The highest BCUT2D eigenvalue weighted by Gasteiger charge is 2.54. The van der Waals surface area contributed by atoms with Gasteiger partial charge >= 0.3 is 6.03 Å². The van der Waals surface area contributed by atoms with E-state index in [1.165, 1.54) is 29.2 Å². The van der Waals surface area contributed by atoms with Gasteiger partial charge in [-0.1, -0.05) is 24.3 Å². The Morgan fingerprint density at radius 1 is 1.12 bits per heavy atom. The Bertz CT molecular complexity index is 837. The van der Waals surface area contributed by atoms with Gasteiger partial charge in [-0.2, -0.15) is 0 Å². The standard InChI is InChI=1S/C19H17FN2O3/c20-14-5-7-15(8-6-14)25-12-11-22-17(23)19(21-18(22)24)10-9-13-3-1-2-4-16(13)19/h1-8H,9-12H2,(H,21,24)/t19-/m0/s1. The number of aryl methyl sites for hydroxylation is 1. The molecule has 1 N–H and O–H groups in total. The minimum absolute atomic E-state index is 0.145. The summed E-state index contributed by atoms with van der Waals surface area (Å²) >= 11 is 0. The summed E-state index contributed by atoms with van der Waals surface area (Å²) in [6.07, 6.45) is 1.34. The van der Waals surface area contributed by atoms with Gasteiger partial charge in [0.1, 0.15) is 23.7 Å². The molecule has 1 saturated heterocycles. The molecule has 1 aliphatic heterocycles. The zero-order valence-electron chi connectivity index (χ0n) is 13.5. The van der Waals surface area contributed by atoms with Crippen molar-refractivity contribution in [3.63, 3.8) is 0 Å². The maximum Gasteiger partial charge on any atom is 0.325 e. The van der Waals surface area contributed by atoms with Crippen molar-refractivity contribution in [1.82, 2.24) is 10.2 Å². The number of hydrogen-bond acceptors (Lipinski definition) is 3. The maximum atomic E-state index is 12.9. The molecule has 1 aliphatic carbocycles. The zero-order chi connectivity index (χ0) is 17.4. The highest BCUT2D eigenvalue weighted by molar-refractivity contribution is 6.08. The lowest BCUT2D eigenvalue weighted by Gasteiger charge is -2.22. The van der Waals surface area contributed by atoms with Crippen molar-refractivity contribution in [3.05, 3.63) is 65.5 Å². The number of urea groups is 1. The molecular weight excluding hydrogens is 323 g/mol. The molecule has 0 saturated carbocycles. The first-order chi connectivity index (χ1) is 12.1. The number of ether oxygens (including phenoxy) is 1. The van der Waals surface area contributed by atoms with Crippen molar-refractivity contribution >= 4 is 11.9 Å². The molecule has 5 nitrogen and oxygen atoms in total. The lowest BCUT2D eigenvalue weighted by Crippen LogP contribution is -2.42. The van der Waals surface area contributed by atoms with E-state index in [1.807, 2.05) is 24.3 Å². The fourth-order valence-electron chi connectivity index (χ4n) is 3.58. The summed E-state index contributed by atoms with van der Waals surface area (Å²) in [6.45, 7) is 0.300. The molecule has 6 heteroatoms. The van der Waals surface area contributed by atoms with Crippen LogP contribution in [0.4, 0.5) is 9.18 Å². The van der Waals surface area contributed by atoms with Crippen LogP contribution in [0.5, 0.6) is 5.75 Å². The summed E-state index contributed by atoms with van der Waals surface area (Å²) in [6, 6.07) is 12.9. The van der Waals surface area contributed by atoms with Crippen LogP contribution in [-0.2, 0) is 16.8 Å². The Morgan fingerprint density at radius 3 is 2.68 bits per heavy atom. The summed E-state index contributed by atoms with van der Waals surface area (Å²) in [5.41, 5.74) is 1.04. The van der Waals surface area contributed by atoms with E-state index in [0.29, 0.717) is 12.2 Å². The monoisotopic (exact) mass is 340 g/mol. The van der Waals surface area contributed by atoms with Crippen molar-refractivity contribution < 1.29 is 18.7 Å². The Morgan fingerprint density at radius 2 is 1.88 bits per heavy atom. The van der Waals surface area contributed by atoms with Crippen molar-refractivity contribution in [2.75, 3.05) is 13.2 Å². The normalized spacial score (nSPS) is 21.6. The van der Waals surface area contributed by atoms with E-state index in [9.17, 15) is 14.0 Å². The first-order valence-corrected chi connectivity index (χ1v) is 8.21. The molecular formula is C19H17FN2O3. The Labute approximate surface area is 144 Å². The Balaban J connectivity index is 1.46. The number of hydrogen-bond donors (Lipinski definition) is 1. The number of rotatable bonds is 4. The number of fused-ring (bicyclic) bond motifs is 2. The number of carbonyl (C=O) groups excluding carboxylic acids is 2. The van der Waals surface area contributed by atoms with E-state index in [0.717, 1.165) is 17.5 Å². The number of nitrogens with one attached hydrogen (secondary N) is 1. The molecule has 1 heterocycles. The van der Waals surface area contributed by atoms with Crippen molar-refractivity contribution in [3.8, 4) is 5.75 Å². The van der Waals surface area contributed by atoms with E-state index < -0.39 is 11.6 Å². The summed E-state index contributed by atoms with van der Waals surface area (Å²) < 4.78 is 18.4. The minimum atomic E-state index is -0.941. The second-order valence-electron chi connectivity index (χ2n) is 6.25. The lowest BCUT2D eigenvalue weighted by molar-refractivity contribution is -0.131. The molecule has 25 heavy (non-hydrogen) atoms. The molecule has 4 rings (SSSR count). The average Bonchev–Trinajstić information content (AvgIpc) is 3.10. The molecule has 2 aromatic carbocycles. The SMILES string of the molecule is O=C1N[C@]2(CCc3ccccc32)C(=O)N1CCOc1ccc(F)cc1. The van der Waals surface area contributed by atoms with Gasteiger partial charge in [0.2, 0.25) is 0 Å². The maximum absolute atomic E-state index is 12.9. The zero-order valence-corrected chi connectivity index (χ0v) is 13.5. The molecule has 0 bridgehead atoms. The molecule has 1 spiro atoms. The fourth-order valence-corrected chi connectivity index (χ4v) is 3.58. The topological polar surface area (TPSA) is 58.6 Å². The number of nitrogens with zero attached hydrogens (tertiary/aromatic N) is 1. The molecule has 0 radical (unpaired) electrons. The summed E-state index contributed by atoms with van der Waals surface area (Å²) in [4.78, 5) is 26.5. The van der Waals surface area contributed by atoms with Crippen molar-refractivity contribution in [2.45, 2.75) is 18.4 Å². The summed E-state index contributed by atoms with van der Waals surface area (Å²) in [5, 5.41) is 2.87. The summed E-state index contributed by atoms with van der Waals surface area (Å²) in [5.74, 6) is -0.0807. The van der Waals surface area contributed by atoms with Gasteiger partial charge in [0.25, 0.3) is 5.91 Å². The first-order valence-electron chi connectivity index (χ1n) is 8.21. The van der Waals surface area contributed by atoms with Crippen LogP contribution in [0.15, 0.2) is 48.5 Å². The second kappa shape index (κ2) is 5.88. The minimum Gasteiger partial charge on any atom is -0.492 e. The van der Waals surface area contributed by atoms with Crippen LogP contribution in [0, 0.1) is 5.82 Å².